The van der Waals surface area contributed by atoms with Gasteiger partial charge >= 0.3 is 0 Å². The van der Waals surface area contributed by atoms with Crippen LogP contribution in [0.5, 0.6) is 0 Å². The van der Waals surface area contributed by atoms with E-state index in [-0.39, 0.29) is 30.1 Å². The molecule has 0 radical (unpaired) electrons. The first-order valence-electron chi connectivity index (χ1n) is 9.64. The zero-order valence-electron chi connectivity index (χ0n) is 15.7. The predicted molar refractivity (Wildman–Crippen MR) is 107 cm³/mol. The van der Waals surface area contributed by atoms with Crippen molar-refractivity contribution in [3.63, 3.8) is 0 Å². The maximum Gasteiger partial charge on any atom is 0.253 e. The lowest BCUT2D eigenvalue weighted by molar-refractivity contribution is -0.124. The molecule has 3 N–H and O–H groups in total. The standard InChI is InChI=1S/C20H29N3O3.ClH/c21-18(16-8-12-26-13-9-16)19(24)22-14-15-4-6-17(7-5-15)20(25)23-10-2-1-3-11-23;/h4-7,16,18H,1-3,8-14,21H2,(H,22,24);1H. The molecule has 0 aliphatic carbocycles. The molecule has 1 atom stereocenters. The van der Waals surface area contributed by atoms with Crippen molar-refractivity contribution in [1.29, 1.82) is 0 Å². The number of benzene rings is 1. The van der Waals surface area contributed by atoms with Gasteiger partial charge in [-0.05, 0) is 55.7 Å². The van der Waals surface area contributed by atoms with Gasteiger partial charge in [0.1, 0.15) is 0 Å². The van der Waals surface area contributed by atoms with Gasteiger partial charge in [-0.2, -0.15) is 0 Å². The van der Waals surface area contributed by atoms with Gasteiger partial charge in [0.05, 0.1) is 6.04 Å². The van der Waals surface area contributed by atoms with Crippen LogP contribution in [0.2, 0.25) is 0 Å². The number of hydrogen-bond donors (Lipinski definition) is 2. The van der Waals surface area contributed by atoms with E-state index in [0.29, 0.717) is 25.3 Å². The van der Waals surface area contributed by atoms with Gasteiger partial charge in [-0.25, -0.2) is 0 Å². The number of carbonyl (C=O) groups is 2. The Kier molecular flexibility index (Phi) is 8.54. The molecule has 1 aromatic rings. The van der Waals surface area contributed by atoms with Crippen LogP contribution in [0.15, 0.2) is 24.3 Å². The number of ether oxygens (including phenoxy) is 1. The Morgan fingerprint density at radius 2 is 1.74 bits per heavy atom. The summed E-state index contributed by atoms with van der Waals surface area (Å²) in [6.45, 7) is 3.48. The molecule has 0 bridgehead atoms. The third-order valence-corrected chi connectivity index (χ3v) is 5.39. The number of amides is 2. The number of halogens is 1. The minimum absolute atomic E-state index is 0. The molecule has 2 amide bonds. The molecule has 0 aromatic heterocycles. The molecular weight excluding hydrogens is 366 g/mol. The van der Waals surface area contributed by atoms with Gasteiger partial charge in [0.25, 0.3) is 5.91 Å². The Hall–Kier alpha value is -1.63. The molecule has 27 heavy (non-hydrogen) atoms. The monoisotopic (exact) mass is 395 g/mol. The third-order valence-electron chi connectivity index (χ3n) is 5.39. The number of nitrogens with zero attached hydrogens (tertiary/aromatic N) is 1. The van der Waals surface area contributed by atoms with Crippen LogP contribution in [0.1, 0.15) is 48.0 Å². The molecule has 2 aliphatic rings. The van der Waals surface area contributed by atoms with Crippen molar-refractivity contribution in [2.24, 2.45) is 11.7 Å². The van der Waals surface area contributed by atoms with Gasteiger partial charge in [0, 0.05) is 38.4 Å². The highest BCUT2D eigenvalue weighted by Gasteiger charge is 2.26. The summed E-state index contributed by atoms with van der Waals surface area (Å²) in [5, 5.41) is 2.91. The number of piperidine rings is 1. The highest BCUT2D eigenvalue weighted by Crippen LogP contribution is 2.18. The van der Waals surface area contributed by atoms with Gasteiger partial charge in [-0.15, -0.1) is 12.4 Å². The SMILES string of the molecule is Cl.NC(C(=O)NCc1ccc(C(=O)N2CCCCC2)cc1)C1CCOCC1. The van der Waals surface area contributed by atoms with Crippen LogP contribution in [-0.2, 0) is 16.1 Å². The second kappa shape index (κ2) is 10.6. The summed E-state index contributed by atoms with van der Waals surface area (Å²) in [6, 6.07) is 7.00. The summed E-state index contributed by atoms with van der Waals surface area (Å²) in [4.78, 5) is 26.7. The van der Waals surface area contributed by atoms with E-state index in [0.717, 1.165) is 44.3 Å². The number of likely N-dealkylation sites (tertiary alicyclic amines) is 1. The van der Waals surface area contributed by atoms with Crippen LogP contribution in [-0.4, -0.2) is 49.1 Å². The molecule has 2 fully saturated rings. The van der Waals surface area contributed by atoms with E-state index in [1.54, 1.807) is 0 Å². The lowest BCUT2D eigenvalue weighted by Gasteiger charge is -2.27. The maximum atomic E-state index is 12.5. The Labute approximate surface area is 167 Å². The van der Waals surface area contributed by atoms with Crippen LogP contribution < -0.4 is 11.1 Å². The smallest absolute Gasteiger partial charge is 0.253 e. The summed E-state index contributed by atoms with van der Waals surface area (Å²) in [7, 11) is 0. The number of nitrogens with one attached hydrogen (secondary N) is 1. The Morgan fingerprint density at radius 1 is 1.11 bits per heavy atom. The van der Waals surface area contributed by atoms with Crippen LogP contribution in [0.25, 0.3) is 0 Å². The van der Waals surface area contributed by atoms with Crippen LogP contribution in [0.4, 0.5) is 0 Å². The fraction of sp³-hybridized carbons (Fsp3) is 0.600. The van der Waals surface area contributed by atoms with E-state index in [2.05, 4.69) is 5.32 Å². The molecule has 0 saturated carbocycles. The van der Waals surface area contributed by atoms with Crippen molar-refractivity contribution in [3.8, 4) is 0 Å². The Bertz CT molecular complexity index is 611. The molecule has 1 aromatic carbocycles. The summed E-state index contributed by atoms with van der Waals surface area (Å²) in [5.41, 5.74) is 7.76. The van der Waals surface area contributed by atoms with Crippen LogP contribution in [0, 0.1) is 5.92 Å². The van der Waals surface area contributed by atoms with Crippen molar-refractivity contribution in [2.75, 3.05) is 26.3 Å². The van der Waals surface area contributed by atoms with E-state index < -0.39 is 6.04 Å². The fourth-order valence-electron chi connectivity index (χ4n) is 3.64. The second-order valence-corrected chi connectivity index (χ2v) is 7.24. The van der Waals surface area contributed by atoms with Crippen molar-refractivity contribution >= 4 is 24.2 Å². The first kappa shape index (κ1) is 21.7. The molecule has 7 heteroatoms. The normalized spacial score (nSPS) is 19.1. The van der Waals surface area contributed by atoms with Gasteiger partial charge in [0.15, 0.2) is 0 Å². The highest BCUT2D eigenvalue weighted by atomic mass is 35.5. The van der Waals surface area contributed by atoms with E-state index in [1.165, 1.54) is 6.42 Å². The van der Waals surface area contributed by atoms with E-state index in [1.807, 2.05) is 29.2 Å². The molecule has 2 heterocycles. The van der Waals surface area contributed by atoms with Crippen molar-refractivity contribution in [1.82, 2.24) is 10.2 Å². The topological polar surface area (TPSA) is 84.7 Å². The fourth-order valence-corrected chi connectivity index (χ4v) is 3.64. The summed E-state index contributed by atoms with van der Waals surface area (Å²) < 4.78 is 5.31. The molecule has 1 unspecified atom stereocenters. The zero-order valence-corrected chi connectivity index (χ0v) is 16.5. The van der Waals surface area contributed by atoms with Crippen LogP contribution in [0.3, 0.4) is 0 Å². The largest absolute Gasteiger partial charge is 0.381 e. The van der Waals surface area contributed by atoms with Crippen molar-refractivity contribution < 1.29 is 14.3 Å². The predicted octanol–water partition coefficient (Wildman–Crippen LogP) is 2.10. The molecule has 3 rings (SSSR count). The average Bonchev–Trinajstić information content (AvgIpc) is 2.72. The molecular formula is C20H30ClN3O3. The number of carbonyl (C=O) groups excluding carboxylic acids is 2. The van der Waals surface area contributed by atoms with Crippen molar-refractivity contribution in [2.45, 2.75) is 44.7 Å². The summed E-state index contributed by atoms with van der Waals surface area (Å²) in [5.74, 6) is 0.167. The quantitative estimate of drug-likeness (QED) is 0.799. The third kappa shape index (κ3) is 5.92. The first-order chi connectivity index (χ1) is 12.6. The van der Waals surface area contributed by atoms with Gasteiger partial charge in [-0.3, -0.25) is 9.59 Å². The van der Waals surface area contributed by atoms with Gasteiger partial charge < -0.3 is 20.7 Å². The van der Waals surface area contributed by atoms with Crippen LogP contribution >= 0.6 is 12.4 Å². The Balaban J connectivity index is 0.00000261. The number of nitrogens with two attached hydrogens (primary N) is 1. The minimum Gasteiger partial charge on any atom is -0.381 e. The summed E-state index contributed by atoms with van der Waals surface area (Å²) >= 11 is 0. The molecule has 0 spiro atoms. The van der Waals surface area contributed by atoms with Gasteiger partial charge in [0.2, 0.25) is 5.91 Å². The lowest BCUT2D eigenvalue weighted by Crippen LogP contribution is -2.46. The van der Waals surface area contributed by atoms with E-state index in [9.17, 15) is 9.59 Å². The van der Waals surface area contributed by atoms with Crippen molar-refractivity contribution in [3.05, 3.63) is 35.4 Å². The minimum atomic E-state index is -0.487. The molecule has 150 valence electrons. The Morgan fingerprint density at radius 3 is 2.37 bits per heavy atom. The second-order valence-electron chi connectivity index (χ2n) is 7.24. The number of hydrogen-bond acceptors (Lipinski definition) is 4. The lowest BCUT2D eigenvalue weighted by atomic mass is 9.92. The first-order valence-corrected chi connectivity index (χ1v) is 9.64. The molecule has 2 saturated heterocycles. The van der Waals surface area contributed by atoms with E-state index >= 15 is 0 Å². The molecule has 2 aliphatic heterocycles. The average molecular weight is 396 g/mol. The number of rotatable bonds is 5. The summed E-state index contributed by atoms with van der Waals surface area (Å²) in [6.07, 6.45) is 5.05. The highest BCUT2D eigenvalue weighted by molar-refractivity contribution is 5.94. The van der Waals surface area contributed by atoms with E-state index in [4.69, 9.17) is 10.5 Å². The van der Waals surface area contributed by atoms with Gasteiger partial charge in [-0.1, -0.05) is 12.1 Å². The molecule has 6 nitrogen and oxygen atoms in total. The maximum absolute atomic E-state index is 12.5. The zero-order chi connectivity index (χ0) is 18.4.